The van der Waals surface area contributed by atoms with Crippen molar-refractivity contribution in [2.45, 2.75) is 26.3 Å². The molecule has 0 bridgehead atoms. The third kappa shape index (κ3) is 4.35. The van der Waals surface area contributed by atoms with Gasteiger partial charge in [0, 0.05) is 24.7 Å². The van der Waals surface area contributed by atoms with Gasteiger partial charge in [-0.25, -0.2) is 0 Å². The summed E-state index contributed by atoms with van der Waals surface area (Å²) in [6, 6.07) is 3.11. The second-order valence-corrected chi connectivity index (χ2v) is 7.26. The summed E-state index contributed by atoms with van der Waals surface area (Å²) >= 11 is 6.21. The first kappa shape index (κ1) is 19.3. The Kier molecular flexibility index (Phi) is 5.80. The van der Waals surface area contributed by atoms with Crippen molar-refractivity contribution in [1.82, 2.24) is 4.90 Å². The minimum atomic E-state index is -0.634. The minimum absolute atomic E-state index is 0.0549. The number of carbonyl (C=O) groups excluding carboxylic acids is 2. The van der Waals surface area contributed by atoms with Crippen molar-refractivity contribution in [1.29, 1.82) is 0 Å². The van der Waals surface area contributed by atoms with Crippen LogP contribution in [-0.2, 0) is 4.79 Å². The van der Waals surface area contributed by atoms with Crippen LogP contribution < -0.4 is 20.9 Å². The first-order valence-electron chi connectivity index (χ1n) is 7.99. The van der Waals surface area contributed by atoms with Crippen molar-refractivity contribution in [3.05, 3.63) is 22.7 Å². The van der Waals surface area contributed by atoms with Crippen LogP contribution in [0.15, 0.2) is 12.1 Å². The van der Waals surface area contributed by atoms with Gasteiger partial charge in [-0.05, 0) is 24.0 Å². The summed E-state index contributed by atoms with van der Waals surface area (Å²) in [5, 5.41) is 0.178. The average molecular weight is 370 g/mol. The number of ether oxygens (including phenoxy) is 2. The Hall–Kier alpha value is -1.99. The van der Waals surface area contributed by atoms with Crippen LogP contribution in [-0.4, -0.2) is 49.6 Å². The fourth-order valence-electron chi connectivity index (χ4n) is 2.86. The maximum atomic E-state index is 12.8. The highest BCUT2D eigenvalue weighted by atomic mass is 35.5. The number of halogens is 1. The number of likely N-dealkylation sites (tertiary alicyclic amines) is 1. The van der Waals surface area contributed by atoms with Crippen LogP contribution in [0, 0.1) is 5.41 Å². The molecule has 0 radical (unpaired) electrons. The Labute approximate surface area is 152 Å². The summed E-state index contributed by atoms with van der Waals surface area (Å²) in [6.07, 6.45) is 0.739. The number of piperidine rings is 1. The zero-order valence-electron chi connectivity index (χ0n) is 14.7. The largest absolute Gasteiger partial charge is 0.493 e. The molecule has 0 spiro atoms. The Bertz CT molecular complexity index is 678. The fraction of sp³-hybridized carbons (Fsp3) is 0.529. The van der Waals surface area contributed by atoms with Gasteiger partial charge in [-0.1, -0.05) is 25.4 Å². The molecule has 1 fully saturated rings. The molecule has 138 valence electrons. The number of primary amides is 1. The molecule has 1 heterocycles. The van der Waals surface area contributed by atoms with Crippen LogP contribution in [0.5, 0.6) is 11.5 Å². The number of rotatable bonds is 5. The molecule has 7 nitrogen and oxygen atoms in total. The molecule has 1 saturated heterocycles. The molecule has 1 aromatic rings. The zero-order valence-corrected chi connectivity index (χ0v) is 15.4. The number of amides is 2. The van der Waals surface area contributed by atoms with Crippen LogP contribution in [0.2, 0.25) is 5.02 Å². The summed E-state index contributed by atoms with van der Waals surface area (Å²) in [4.78, 5) is 25.5. The van der Waals surface area contributed by atoms with E-state index in [1.54, 1.807) is 11.0 Å². The van der Waals surface area contributed by atoms with Gasteiger partial charge in [-0.2, -0.15) is 0 Å². The molecule has 1 aliphatic rings. The van der Waals surface area contributed by atoms with Gasteiger partial charge in [-0.3, -0.25) is 9.59 Å². The number of nitrogens with two attached hydrogens (primary N) is 2. The van der Waals surface area contributed by atoms with Crippen molar-refractivity contribution >= 4 is 23.4 Å². The van der Waals surface area contributed by atoms with Crippen LogP contribution in [0.25, 0.3) is 0 Å². The third-order valence-electron chi connectivity index (χ3n) is 4.43. The summed E-state index contributed by atoms with van der Waals surface area (Å²) in [6.45, 7) is 4.91. The van der Waals surface area contributed by atoms with E-state index in [0.717, 1.165) is 6.42 Å². The molecular formula is C17H24ClN3O4. The average Bonchev–Trinajstić information content (AvgIpc) is 2.54. The maximum Gasteiger partial charge on any atom is 0.255 e. The van der Waals surface area contributed by atoms with Crippen LogP contribution in [0.1, 0.15) is 30.6 Å². The number of benzene rings is 1. The van der Waals surface area contributed by atoms with E-state index in [4.69, 9.17) is 32.5 Å². The van der Waals surface area contributed by atoms with Crippen LogP contribution >= 0.6 is 11.6 Å². The smallest absolute Gasteiger partial charge is 0.255 e. The molecule has 1 aliphatic heterocycles. The Morgan fingerprint density at radius 3 is 2.64 bits per heavy atom. The minimum Gasteiger partial charge on any atom is -0.493 e. The van der Waals surface area contributed by atoms with E-state index >= 15 is 0 Å². The topological polar surface area (TPSA) is 108 Å². The van der Waals surface area contributed by atoms with E-state index in [9.17, 15) is 9.59 Å². The number of hydrogen-bond acceptors (Lipinski definition) is 5. The van der Waals surface area contributed by atoms with Crippen molar-refractivity contribution in [2.75, 3.05) is 26.8 Å². The molecule has 8 heteroatoms. The number of nitrogens with zero attached hydrogens (tertiary/aromatic N) is 1. The van der Waals surface area contributed by atoms with Gasteiger partial charge in [0.1, 0.15) is 0 Å². The van der Waals surface area contributed by atoms with Crippen LogP contribution in [0.3, 0.4) is 0 Å². The Balaban J connectivity index is 2.26. The van der Waals surface area contributed by atoms with Gasteiger partial charge < -0.3 is 25.8 Å². The van der Waals surface area contributed by atoms with Gasteiger partial charge in [-0.15, -0.1) is 0 Å². The lowest BCUT2D eigenvalue weighted by Gasteiger charge is -2.42. The molecule has 2 rings (SSSR count). The predicted molar refractivity (Wildman–Crippen MR) is 95.0 cm³/mol. The van der Waals surface area contributed by atoms with Gasteiger partial charge >= 0.3 is 0 Å². The monoisotopic (exact) mass is 369 g/mol. The normalized spacial score (nSPS) is 19.4. The standard InChI is InChI=1S/C17H24ClN3O4/c1-17(2)9-21(5-4-13(17)19)16(23)10-6-11(18)15(12(7-10)24-3)25-8-14(20)22/h6-7,13H,4-5,8-9,19H2,1-3H3,(H2,20,22). The van der Waals surface area contributed by atoms with E-state index in [2.05, 4.69) is 0 Å². The van der Waals surface area contributed by atoms with E-state index in [0.29, 0.717) is 18.7 Å². The molecule has 0 saturated carbocycles. The molecule has 1 unspecified atom stereocenters. The van der Waals surface area contributed by atoms with Gasteiger partial charge in [0.15, 0.2) is 18.1 Å². The molecule has 0 aliphatic carbocycles. The molecular weight excluding hydrogens is 346 g/mol. The summed E-state index contributed by atoms with van der Waals surface area (Å²) in [5.74, 6) is -0.336. The molecule has 1 aromatic carbocycles. The lowest BCUT2D eigenvalue weighted by molar-refractivity contribution is -0.119. The quantitative estimate of drug-likeness (QED) is 0.815. The van der Waals surface area contributed by atoms with Crippen molar-refractivity contribution in [2.24, 2.45) is 16.9 Å². The second-order valence-electron chi connectivity index (χ2n) is 6.85. The summed E-state index contributed by atoms with van der Waals surface area (Å²) in [5.41, 5.74) is 11.4. The van der Waals surface area contributed by atoms with Crippen molar-refractivity contribution in [3.8, 4) is 11.5 Å². The number of carbonyl (C=O) groups is 2. The molecule has 25 heavy (non-hydrogen) atoms. The van der Waals surface area contributed by atoms with Crippen molar-refractivity contribution < 1.29 is 19.1 Å². The van der Waals surface area contributed by atoms with E-state index in [1.807, 2.05) is 13.8 Å². The fourth-order valence-corrected chi connectivity index (χ4v) is 3.12. The molecule has 2 amide bonds. The summed E-state index contributed by atoms with van der Waals surface area (Å²) in [7, 11) is 1.43. The lowest BCUT2D eigenvalue weighted by Crippen LogP contribution is -2.54. The molecule has 0 aromatic heterocycles. The van der Waals surface area contributed by atoms with Crippen molar-refractivity contribution in [3.63, 3.8) is 0 Å². The second kappa shape index (κ2) is 7.49. The highest BCUT2D eigenvalue weighted by Crippen LogP contribution is 2.37. The zero-order chi connectivity index (χ0) is 18.8. The van der Waals surface area contributed by atoms with Gasteiger partial charge in [0.05, 0.1) is 12.1 Å². The first-order valence-corrected chi connectivity index (χ1v) is 8.37. The van der Waals surface area contributed by atoms with E-state index in [-0.39, 0.29) is 40.5 Å². The lowest BCUT2D eigenvalue weighted by atomic mass is 9.79. The van der Waals surface area contributed by atoms with E-state index < -0.39 is 5.91 Å². The molecule has 4 N–H and O–H groups in total. The highest BCUT2D eigenvalue weighted by Gasteiger charge is 2.35. The Morgan fingerprint density at radius 2 is 2.08 bits per heavy atom. The number of methoxy groups -OCH3 is 1. The predicted octanol–water partition coefficient (Wildman–Crippen LogP) is 1.41. The summed E-state index contributed by atoms with van der Waals surface area (Å²) < 4.78 is 10.5. The van der Waals surface area contributed by atoms with Crippen LogP contribution in [0.4, 0.5) is 0 Å². The highest BCUT2D eigenvalue weighted by molar-refractivity contribution is 6.32. The maximum absolute atomic E-state index is 12.8. The van der Waals surface area contributed by atoms with Gasteiger partial charge in [0.2, 0.25) is 0 Å². The Morgan fingerprint density at radius 1 is 1.40 bits per heavy atom. The van der Waals surface area contributed by atoms with Gasteiger partial charge in [0.25, 0.3) is 11.8 Å². The first-order chi connectivity index (χ1) is 11.7. The number of hydrogen-bond donors (Lipinski definition) is 2. The van der Waals surface area contributed by atoms with E-state index in [1.165, 1.54) is 13.2 Å². The molecule has 1 atom stereocenters. The third-order valence-corrected chi connectivity index (χ3v) is 4.72. The SMILES string of the molecule is COc1cc(C(=O)N2CCC(N)C(C)(C)C2)cc(Cl)c1OCC(N)=O.